The van der Waals surface area contributed by atoms with E-state index in [9.17, 15) is 0 Å². The molecule has 2 aromatic rings. The molecule has 1 aromatic heterocycles. The maximum atomic E-state index is 3.78. The van der Waals surface area contributed by atoms with E-state index < -0.39 is 0 Å². The highest BCUT2D eigenvalue weighted by Crippen LogP contribution is 2.50. The number of hydrogen-bond acceptors (Lipinski definition) is 2. The zero-order chi connectivity index (χ0) is 13.8. The first-order valence-corrected chi connectivity index (χ1v) is 8.57. The van der Waals surface area contributed by atoms with Gasteiger partial charge in [-0.05, 0) is 54.7 Å². The molecule has 3 unspecified atom stereocenters. The molecule has 1 saturated carbocycles. The van der Waals surface area contributed by atoms with Crippen LogP contribution in [0.3, 0.4) is 0 Å². The van der Waals surface area contributed by atoms with E-state index in [1.54, 1.807) is 0 Å². The minimum atomic E-state index is 0.638. The highest BCUT2D eigenvalue weighted by atomic mass is 32.1. The monoisotopic (exact) mass is 285 g/mol. The predicted octanol–water partition coefficient (Wildman–Crippen LogP) is 4.46. The van der Waals surface area contributed by atoms with Gasteiger partial charge in [0.1, 0.15) is 0 Å². The Labute approximate surface area is 126 Å². The van der Waals surface area contributed by atoms with Crippen LogP contribution in [-0.2, 0) is 6.42 Å². The van der Waals surface area contributed by atoms with E-state index in [4.69, 9.17) is 0 Å². The van der Waals surface area contributed by atoms with Crippen LogP contribution < -0.4 is 5.32 Å². The van der Waals surface area contributed by atoms with Crippen molar-refractivity contribution in [3.63, 3.8) is 0 Å². The topological polar surface area (TPSA) is 12.0 Å². The number of benzene rings is 1. The Bertz CT molecular complexity index is 505. The van der Waals surface area contributed by atoms with Gasteiger partial charge in [0.25, 0.3) is 0 Å². The molecule has 20 heavy (non-hydrogen) atoms. The van der Waals surface area contributed by atoms with Crippen LogP contribution in [0.15, 0.2) is 47.8 Å². The Kier molecular flexibility index (Phi) is 4.54. The van der Waals surface area contributed by atoms with Crippen LogP contribution in [0.25, 0.3) is 0 Å². The van der Waals surface area contributed by atoms with Gasteiger partial charge in [-0.15, -0.1) is 11.3 Å². The third-order valence-electron chi connectivity index (χ3n) is 4.24. The summed E-state index contributed by atoms with van der Waals surface area (Å²) in [4.78, 5) is 1.51. The van der Waals surface area contributed by atoms with Crippen molar-refractivity contribution in [2.45, 2.75) is 38.1 Å². The van der Waals surface area contributed by atoms with E-state index >= 15 is 0 Å². The molecule has 1 fully saturated rings. The van der Waals surface area contributed by atoms with Gasteiger partial charge in [0, 0.05) is 10.9 Å². The van der Waals surface area contributed by atoms with Crippen LogP contribution in [0.4, 0.5) is 0 Å². The summed E-state index contributed by atoms with van der Waals surface area (Å²) in [7, 11) is 0. The van der Waals surface area contributed by atoms with Gasteiger partial charge in [0.15, 0.2) is 0 Å². The summed E-state index contributed by atoms with van der Waals surface area (Å²) in [6.45, 7) is 3.38. The van der Waals surface area contributed by atoms with Gasteiger partial charge < -0.3 is 5.32 Å². The normalized spacial score (nSPS) is 22.6. The summed E-state index contributed by atoms with van der Waals surface area (Å²) in [6, 6.07) is 16.1. The average Bonchev–Trinajstić information content (AvgIpc) is 3.13. The lowest BCUT2D eigenvalue weighted by Gasteiger charge is -2.18. The molecule has 0 saturated heterocycles. The molecule has 106 valence electrons. The van der Waals surface area contributed by atoms with Gasteiger partial charge in [0.05, 0.1) is 0 Å². The van der Waals surface area contributed by atoms with Crippen LogP contribution in [0.1, 0.15) is 36.1 Å². The quantitative estimate of drug-likeness (QED) is 0.792. The summed E-state index contributed by atoms with van der Waals surface area (Å²) >= 11 is 1.89. The van der Waals surface area contributed by atoms with Crippen molar-refractivity contribution in [3.05, 3.63) is 58.3 Å². The van der Waals surface area contributed by atoms with Gasteiger partial charge in [0.2, 0.25) is 0 Å². The van der Waals surface area contributed by atoms with Crippen molar-refractivity contribution < 1.29 is 0 Å². The van der Waals surface area contributed by atoms with Crippen LogP contribution >= 0.6 is 11.3 Å². The van der Waals surface area contributed by atoms with Crippen molar-refractivity contribution in [1.29, 1.82) is 0 Å². The average molecular weight is 285 g/mol. The molecule has 1 heterocycles. The van der Waals surface area contributed by atoms with E-state index in [1.165, 1.54) is 29.7 Å². The Morgan fingerprint density at radius 1 is 1.20 bits per heavy atom. The van der Waals surface area contributed by atoms with E-state index in [1.807, 2.05) is 11.3 Å². The second-order valence-corrected chi connectivity index (χ2v) is 6.79. The molecule has 3 rings (SSSR count). The van der Waals surface area contributed by atoms with Crippen LogP contribution in [0, 0.1) is 5.92 Å². The number of rotatable bonds is 7. The molecule has 0 radical (unpaired) electrons. The molecule has 1 N–H and O–H groups in total. The lowest BCUT2D eigenvalue weighted by molar-refractivity contribution is 0.455. The molecule has 0 bridgehead atoms. The molecule has 1 nitrogen and oxygen atoms in total. The third-order valence-corrected chi connectivity index (χ3v) is 5.14. The van der Waals surface area contributed by atoms with Crippen molar-refractivity contribution in [3.8, 4) is 0 Å². The lowest BCUT2D eigenvalue weighted by atomic mass is 10.0. The predicted molar refractivity (Wildman–Crippen MR) is 87.4 cm³/mol. The zero-order valence-electron chi connectivity index (χ0n) is 12.1. The first-order valence-electron chi connectivity index (χ1n) is 7.69. The van der Waals surface area contributed by atoms with Gasteiger partial charge >= 0.3 is 0 Å². The molecule has 2 heteroatoms. The largest absolute Gasteiger partial charge is 0.313 e. The molecule has 0 aliphatic heterocycles. The Hall–Kier alpha value is -1.12. The van der Waals surface area contributed by atoms with Crippen molar-refractivity contribution in [2.75, 3.05) is 6.54 Å². The SMILES string of the molecule is CCCNC(Cc1cccs1)C1CC1c1ccccc1. The van der Waals surface area contributed by atoms with Crippen LogP contribution in [0.2, 0.25) is 0 Å². The van der Waals surface area contributed by atoms with Crippen molar-refractivity contribution in [1.82, 2.24) is 5.32 Å². The molecule has 3 atom stereocenters. The molecule has 0 spiro atoms. The van der Waals surface area contributed by atoms with Crippen LogP contribution in [0.5, 0.6) is 0 Å². The lowest BCUT2D eigenvalue weighted by Crippen LogP contribution is -2.34. The second-order valence-electron chi connectivity index (χ2n) is 5.76. The fourth-order valence-corrected chi connectivity index (χ4v) is 3.86. The molecular weight excluding hydrogens is 262 g/mol. The van der Waals surface area contributed by atoms with Gasteiger partial charge in [-0.3, -0.25) is 0 Å². The zero-order valence-corrected chi connectivity index (χ0v) is 12.9. The molecule has 0 amide bonds. The smallest absolute Gasteiger partial charge is 0.0150 e. The first kappa shape index (κ1) is 13.8. The summed E-state index contributed by atoms with van der Waals surface area (Å²) in [5, 5.41) is 5.96. The molecular formula is C18H23NS. The van der Waals surface area contributed by atoms with Crippen LogP contribution in [-0.4, -0.2) is 12.6 Å². The first-order chi connectivity index (χ1) is 9.88. The molecule has 1 aliphatic carbocycles. The summed E-state index contributed by atoms with van der Waals surface area (Å²) < 4.78 is 0. The maximum Gasteiger partial charge on any atom is 0.0150 e. The summed E-state index contributed by atoms with van der Waals surface area (Å²) in [5.74, 6) is 1.58. The van der Waals surface area contributed by atoms with Gasteiger partial charge in [-0.25, -0.2) is 0 Å². The summed E-state index contributed by atoms with van der Waals surface area (Å²) in [5.41, 5.74) is 1.52. The third kappa shape index (κ3) is 3.31. The van der Waals surface area contributed by atoms with Crippen molar-refractivity contribution in [2.24, 2.45) is 5.92 Å². The second kappa shape index (κ2) is 6.55. The Balaban J connectivity index is 1.65. The van der Waals surface area contributed by atoms with E-state index in [-0.39, 0.29) is 0 Å². The molecule has 1 aromatic carbocycles. The fourth-order valence-electron chi connectivity index (χ4n) is 3.09. The fraction of sp³-hybridized carbons (Fsp3) is 0.444. The van der Waals surface area contributed by atoms with Crippen molar-refractivity contribution >= 4 is 11.3 Å². The van der Waals surface area contributed by atoms with E-state index in [2.05, 4.69) is 60.1 Å². The number of thiophene rings is 1. The molecule has 1 aliphatic rings. The van der Waals surface area contributed by atoms with E-state index in [0.717, 1.165) is 18.4 Å². The maximum absolute atomic E-state index is 3.78. The van der Waals surface area contributed by atoms with Gasteiger partial charge in [-0.2, -0.15) is 0 Å². The Morgan fingerprint density at radius 3 is 2.75 bits per heavy atom. The number of nitrogens with one attached hydrogen (secondary N) is 1. The minimum absolute atomic E-state index is 0.638. The minimum Gasteiger partial charge on any atom is -0.313 e. The highest BCUT2D eigenvalue weighted by Gasteiger charge is 2.43. The van der Waals surface area contributed by atoms with E-state index in [0.29, 0.717) is 6.04 Å². The van der Waals surface area contributed by atoms with Gasteiger partial charge in [-0.1, -0.05) is 43.3 Å². The highest BCUT2D eigenvalue weighted by molar-refractivity contribution is 7.09. The number of hydrogen-bond donors (Lipinski definition) is 1. The summed E-state index contributed by atoms with van der Waals surface area (Å²) in [6.07, 6.45) is 3.74. The standard InChI is InChI=1S/C18H23NS/c1-2-10-19-18(12-15-9-6-11-20-15)17-13-16(17)14-7-4-3-5-8-14/h3-9,11,16-19H,2,10,12-13H2,1H3. The Morgan fingerprint density at radius 2 is 2.05 bits per heavy atom.